The molecule has 5 aliphatic rings. The molecule has 0 spiro atoms. The van der Waals surface area contributed by atoms with Crippen LogP contribution < -0.4 is 0 Å². The van der Waals surface area contributed by atoms with Gasteiger partial charge in [-0.1, -0.05) is 46.3 Å². The van der Waals surface area contributed by atoms with Gasteiger partial charge in [0.1, 0.15) is 0 Å². The second kappa shape index (κ2) is 7.58. The Morgan fingerprint density at radius 3 is 2.16 bits per heavy atom. The van der Waals surface area contributed by atoms with Crippen molar-refractivity contribution < 1.29 is 9.84 Å². The molecule has 4 saturated carbocycles. The predicted octanol–water partition coefficient (Wildman–Crippen LogP) is 7.40. The summed E-state index contributed by atoms with van der Waals surface area (Å²) in [5.41, 5.74) is 2.82. The van der Waals surface area contributed by atoms with Gasteiger partial charge in [-0.3, -0.25) is 0 Å². The average Bonchev–Trinajstić information content (AvgIpc) is 3.26. The topological polar surface area (TPSA) is 29.5 Å². The summed E-state index contributed by atoms with van der Waals surface area (Å²) in [6, 6.07) is 0. The summed E-state index contributed by atoms with van der Waals surface area (Å²) in [6.45, 7) is 18.1. The Kier molecular flexibility index (Phi) is 5.54. The van der Waals surface area contributed by atoms with Crippen molar-refractivity contribution in [2.24, 2.45) is 51.2 Å². The largest absolute Gasteiger partial charge is 0.393 e. The molecule has 5 rings (SSSR count). The average molecular weight is 443 g/mol. The van der Waals surface area contributed by atoms with Crippen LogP contribution in [0.15, 0.2) is 11.6 Å². The molecule has 2 heteroatoms. The van der Waals surface area contributed by atoms with Gasteiger partial charge in [0.2, 0.25) is 0 Å². The number of hydrogen-bond acceptors (Lipinski definition) is 2. The van der Waals surface area contributed by atoms with Crippen LogP contribution >= 0.6 is 0 Å². The molecule has 2 nitrogen and oxygen atoms in total. The van der Waals surface area contributed by atoms with Gasteiger partial charge in [-0.2, -0.15) is 0 Å². The van der Waals surface area contributed by atoms with Crippen LogP contribution in [-0.2, 0) is 4.74 Å². The van der Waals surface area contributed by atoms with Crippen LogP contribution in [0.2, 0.25) is 0 Å². The van der Waals surface area contributed by atoms with Crippen molar-refractivity contribution >= 4 is 0 Å². The number of hydrogen-bond donors (Lipinski definition) is 1. The van der Waals surface area contributed by atoms with E-state index < -0.39 is 0 Å². The third kappa shape index (κ3) is 3.10. The minimum absolute atomic E-state index is 0.0684. The number of rotatable bonds is 2. The molecule has 0 aromatic rings. The Labute approximate surface area is 198 Å². The molecular weight excluding hydrogens is 392 g/mol. The molecule has 1 aliphatic heterocycles. The molecule has 1 heterocycles. The second-order valence-corrected chi connectivity index (χ2v) is 14.4. The van der Waals surface area contributed by atoms with E-state index in [4.69, 9.17) is 4.74 Å². The van der Waals surface area contributed by atoms with Gasteiger partial charge in [-0.05, 0) is 123 Å². The molecule has 3 unspecified atom stereocenters. The van der Waals surface area contributed by atoms with Gasteiger partial charge in [0.25, 0.3) is 0 Å². The SMILES string of the molecule is CC(C)=CC1CC([C@@H]2CC[C@]3(C)C4CC[C@H]5C(C)(C)[C@@H](O)CC[C@]5(C)[C@H]4CC[C@@]23C)CO1. The van der Waals surface area contributed by atoms with Gasteiger partial charge in [0, 0.05) is 0 Å². The first-order valence-electron chi connectivity index (χ1n) is 13.9. The minimum atomic E-state index is -0.117. The van der Waals surface area contributed by atoms with E-state index in [1.807, 2.05) is 0 Å². The van der Waals surface area contributed by atoms with Crippen LogP contribution in [0.4, 0.5) is 0 Å². The highest BCUT2D eigenvalue weighted by atomic mass is 16.5. The Morgan fingerprint density at radius 1 is 0.812 bits per heavy atom. The highest BCUT2D eigenvalue weighted by Crippen LogP contribution is 2.74. The van der Waals surface area contributed by atoms with Gasteiger partial charge < -0.3 is 9.84 Å². The molecule has 1 saturated heterocycles. The van der Waals surface area contributed by atoms with Gasteiger partial charge in [0.15, 0.2) is 0 Å². The fourth-order valence-corrected chi connectivity index (χ4v) is 10.7. The van der Waals surface area contributed by atoms with Crippen molar-refractivity contribution in [3.8, 4) is 0 Å². The number of aliphatic hydroxyl groups is 1. The lowest BCUT2D eigenvalue weighted by atomic mass is 9.38. The first-order chi connectivity index (χ1) is 14.9. The summed E-state index contributed by atoms with van der Waals surface area (Å²) >= 11 is 0. The number of ether oxygens (including phenoxy) is 1. The molecule has 10 atom stereocenters. The third-order valence-corrected chi connectivity index (χ3v) is 12.6. The van der Waals surface area contributed by atoms with Gasteiger partial charge >= 0.3 is 0 Å². The Balaban J connectivity index is 1.40. The fourth-order valence-electron chi connectivity index (χ4n) is 10.7. The van der Waals surface area contributed by atoms with Gasteiger partial charge in [-0.15, -0.1) is 0 Å². The molecule has 0 amide bonds. The summed E-state index contributed by atoms with van der Waals surface area (Å²) in [7, 11) is 0. The lowest BCUT2D eigenvalue weighted by Gasteiger charge is -2.67. The summed E-state index contributed by atoms with van der Waals surface area (Å²) < 4.78 is 6.27. The van der Waals surface area contributed by atoms with E-state index >= 15 is 0 Å². The van der Waals surface area contributed by atoms with Crippen molar-refractivity contribution in [3.63, 3.8) is 0 Å². The van der Waals surface area contributed by atoms with Crippen molar-refractivity contribution in [1.29, 1.82) is 0 Å². The molecule has 1 N–H and O–H groups in total. The van der Waals surface area contributed by atoms with Crippen molar-refractivity contribution in [1.82, 2.24) is 0 Å². The molecule has 5 fully saturated rings. The highest BCUT2D eigenvalue weighted by molar-refractivity contribution is 5.17. The van der Waals surface area contributed by atoms with Gasteiger partial charge in [-0.25, -0.2) is 0 Å². The number of fused-ring (bicyclic) bond motifs is 5. The van der Waals surface area contributed by atoms with E-state index in [1.54, 1.807) is 0 Å². The predicted molar refractivity (Wildman–Crippen MR) is 132 cm³/mol. The van der Waals surface area contributed by atoms with Gasteiger partial charge in [0.05, 0.1) is 18.8 Å². The number of aliphatic hydroxyl groups excluding tert-OH is 1. The standard InChI is InChI=1S/C30H50O2/c1-19(2)16-21-17-20(18-32-21)22-10-14-30(7)24-8-9-25-27(3,4)26(31)12-13-28(25,5)23(24)11-15-29(22,30)6/h16,20-26,31H,8-15,17-18H2,1-7H3/t20?,21?,22-,23-,24?,25-,26-,28+,29-,30+/m0/s1. The van der Waals surface area contributed by atoms with E-state index in [0.717, 1.165) is 36.7 Å². The first kappa shape index (κ1) is 23.4. The van der Waals surface area contributed by atoms with Crippen LogP contribution in [0.5, 0.6) is 0 Å². The zero-order chi connectivity index (χ0) is 23.1. The summed E-state index contributed by atoms with van der Waals surface area (Å²) in [6.07, 6.45) is 14.4. The number of allylic oxidation sites excluding steroid dienone is 1. The third-order valence-electron chi connectivity index (χ3n) is 12.6. The van der Waals surface area contributed by atoms with E-state index in [-0.39, 0.29) is 11.5 Å². The van der Waals surface area contributed by atoms with Crippen LogP contribution in [0.25, 0.3) is 0 Å². The summed E-state index contributed by atoms with van der Waals surface area (Å²) in [4.78, 5) is 0. The van der Waals surface area contributed by atoms with Crippen molar-refractivity contribution in [2.75, 3.05) is 6.61 Å². The maximum Gasteiger partial charge on any atom is 0.0761 e. The van der Waals surface area contributed by atoms with E-state index in [1.165, 1.54) is 56.9 Å². The molecule has 32 heavy (non-hydrogen) atoms. The second-order valence-electron chi connectivity index (χ2n) is 14.4. The maximum atomic E-state index is 10.8. The monoisotopic (exact) mass is 442 g/mol. The minimum Gasteiger partial charge on any atom is -0.393 e. The van der Waals surface area contributed by atoms with E-state index in [9.17, 15) is 5.11 Å². The highest BCUT2D eigenvalue weighted by Gasteiger charge is 2.67. The van der Waals surface area contributed by atoms with Crippen molar-refractivity contribution in [3.05, 3.63) is 11.6 Å². The lowest BCUT2D eigenvalue weighted by molar-refractivity contribution is -0.200. The van der Waals surface area contributed by atoms with Crippen molar-refractivity contribution in [2.45, 2.75) is 118 Å². The maximum absolute atomic E-state index is 10.8. The van der Waals surface area contributed by atoms with Crippen LogP contribution in [0, 0.1) is 51.2 Å². The molecule has 4 aliphatic carbocycles. The smallest absolute Gasteiger partial charge is 0.0761 e. The summed E-state index contributed by atoms with van der Waals surface area (Å²) in [5, 5.41) is 10.8. The van der Waals surface area contributed by atoms with Crippen LogP contribution in [0.3, 0.4) is 0 Å². The van der Waals surface area contributed by atoms with Crippen LogP contribution in [-0.4, -0.2) is 23.9 Å². The molecule has 0 bridgehead atoms. The van der Waals surface area contributed by atoms with E-state index in [0.29, 0.717) is 28.3 Å². The Bertz CT molecular complexity index is 765. The zero-order valence-electron chi connectivity index (χ0n) is 22.0. The zero-order valence-corrected chi connectivity index (χ0v) is 22.0. The fraction of sp³-hybridized carbons (Fsp3) is 0.933. The summed E-state index contributed by atoms with van der Waals surface area (Å²) in [5.74, 6) is 3.98. The molecule has 182 valence electrons. The molecule has 0 radical (unpaired) electrons. The first-order valence-corrected chi connectivity index (χ1v) is 13.9. The molecule has 0 aromatic heterocycles. The lowest BCUT2D eigenvalue weighted by Crippen LogP contribution is -2.61. The Hall–Kier alpha value is -0.340. The Morgan fingerprint density at radius 2 is 1.47 bits per heavy atom. The normalized spacial score (nSPS) is 54.4. The quantitative estimate of drug-likeness (QED) is 0.451. The molecular formula is C30H50O2. The van der Waals surface area contributed by atoms with Crippen LogP contribution in [0.1, 0.15) is 106 Å². The molecule has 0 aromatic carbocycles. The van der Waals surface area contributed by atoms with E-state index in [2.05, 4.69) is 54.5 Å².